The summed E-state index contributed by atoms with van der Waals surface area (Å²) in [6.45, 7) is 3.27. The summed E-state index contributed by atoms with van der Waals surface area (Å²) in [6, 6.07) is 21.0. The van der Waals surface area contributed by atoms with E-state index in [1.807, 2.05) is 12.1 Å². The van der Waals surface area contributed by atoms with Crippen molar-refractivity contribution in [2.75, 3.05) is 19.6 Å². The van der Waals surface area contributed by atoms with Gasteiger partial charge in [-0.25, -0.2) is 0 Å². The Hall–Kier alpha value is -2.17. The first-order valence-electron chi connectivity index (χ1n) is 10.9. The highest BCUT2D eigenvalue weighted by molar-refractivity contribution is 5.66. The number of piperidine rings is 1. The maximum atomic E-state index is 10.5. The molecule has 1 aliphatic heterocycles. The van der Waals surface area contributed by atoms with E-state index in [0.717, 1.165) is 58.2 Å². The van der Waals surface area contributed by atoms with Crippen molar-refractivity contribution in [2.24, 2.45) is 0 Å². The summed E-state index contributed by atoms with van der Waals surface area (Å²) in [6.07, 6.45) is 6.79. The molecule has 0 amide bonds. The lowest BCUT2D eigenvalue weighted by atomic mass is 10.00. The van der Waals surface area contributed by atoms with Crippen LogP contribution in [0, 0.1) is 0 Å². The van der Waals surface area contributed by atoms with Gasteiger partial charge in [-0.15, -0.1) is 0 Å². The molecule has 3 rings (SSSR count). The second-order valence-electron chi connectivity index (χ2n) is 7.94. The third-order valence-electron chi connectivity index (χ3n) is 5.68. The van der Waals surface area contributed by atoms with E-state index in [1.165, 1.54) is 11.1 Å². The molecule has 1 N–H and O–H groups in total. The summed E-state index contributed by atoms with van der Waals surface area (Å²) in [7, 11) is 0. The minimum Gasteiger partial charge on any atom is -0.481 e. The molecule has 1 fully saturated rings. The summed E-state index contributed by atoms with van der Waals surface area (Å²) in [5, 5.41) is 8.69. The van der Waals surface area contributed by atoms with E-state index >= 15 is 0 Å². The predicted octanol–water partition coefficient (Wildman–Crippen LogP) is 5.29. The lowest BCUT2D eigenvalue weighted by Gasteiger charge is -2.34. The monoisotopic (exact) mass is 395 g/mol. The van der Waals surface area contributed by atoms with E-state index in [0.29, 0.717) is 6.42 Å². The van der Waals surface area contributed by atoms with Crippen LogP contribution < -0.4 is 0 Å². The van der Waals surface area contributed by atoms with Gasteiger partial charge in [-0.05, 0) is 43.4 Å². The zero-order valence-corrected chi connectivity index (χ0v) is 17.2. The zero-order chi connectivity index (χ0) is 20.3. The van der Waals surface area contributed by atoms with Crippen LogP contribution in [0.3, 0.4) is 0 Å². The van der Waals surface area contributed by atoms with Gasteiger partial charge in [0.15, 0.2) is 0 Å². The number of rotatable bonds is 11. The highest BCUT2D eigenvalue weighted by Crippen LogP contribution is 2.30. The molecule has 0 saturated carbocycles. The molecule has 0 aliphatic carbocycles. The quantitative estimate of drug-likeness (QED) is 0.525. The Labute approximate surface area is 174 Å². The zero-order valence-electron chi connectivity index (χ0n) is 17.2. The molecule has 0 atom stereocenters. The van der Waals surface area contributed by atoms with Crippen molar-refractivity contribution < 1.29 is 14.6 Å². The van der Waals surface area contributed by atoms with Crippen LogP contribution in [0.4, 0.5) is 0 Å². The van der Waals surface area contributed by atoms with Crippen molar-refractivity contribution in [3.05, 3.63) is 71.8 Å². The van der Waals surface area contributed by atoms with E-state index in [4.69, 9.17) is 9.84 Å². The largest absolute Gasteiger partial charge is 0.481 e. The van der Waals surface area contributed by atoms with Gasteiger partial charge in [0.2, 0.25) is 0 Å². The maximum absolute atomic E-state index is 10.5. The molecular weight excluding hydrogens is 362 g/mol. The minimum atomic E-state index is -0.684. The maximum Gasteiger partial charge on any atom is 0.303 e. The molecule has 2 aromatic rings. The van der Waals surface area contributed by atoms with Crippen molar-refractivity contribution in [1.82, 2.24) is 4.90 Å². The van der Waals surface area contributed by atoms with E-state index in [-0.39, 0.29) is 12.2 Å². The van der Waals surface area contributed by atoms with Gasteiger partial charge in [-0.2, -0.15) is 0 Å². The Morgan fingerprint density at radius 2 is 1.45 bits per heavy atom. The van der Waals surface area contributed by atoms with Crippen LogP contribution in [-0.2, 0) is 9.53 Å². The van der Waals surface area contributed by atoms with Crippen LogP contribution in [0.1, 0.15) is 62.2 Å². The molecule has 0 spiro atoms. The average Bonchev–Trinajstić information content (AvgIpc) is 2.76. The lowest BCUT2D eigenvalue weighted by molar-refractivity contribution is -0.137. The van der Waals surface area contributed by atoms with E-state index in [9.17, 15) is 4.79 Å². The molecule has 4 nitrogen and oxygen atoms in total. The lowest BCUT2D eigenvalue weighted by Crippen LogP contribution is -2.38. The molecule has 0 radical (unpaired) electrons. The molecule has 0 bridgehead atoms. The Balaban J connectivity index is 1.44. The fourth-order valence-electron chi connectivity index (χ4n) is 4.03. The van der Waals surface area contributed by atoms with Gasteiger partial charge in [0.25, 0.3) is 0 Å². The van der Waals surface area contributed by atoms with Crippen molar-refractivity contribution >= 4 is 5.97 Å². The Bertz CT molecular complexity index is 672. The molecule has 0 unspecified atom stereocenters. The number of hydrogen-bond acceptors (Lipinski definition) is 3. The van der Waals surface area contributed by atoms with E-state index < -0.39 is 5.97 Å². The Kier molecular flexibility index (Phi) is 8.72. The summed E-state index contributed by atoms with van der Waals surface area (Å²) in [4.78, 5) is 13.1. The minimum absolute atomic E-state index is 0.0109. The molecule has 1 aliphatic rings. The molecule has 1 heterocycles. The summed E-state index contributed by atoms with van der Waals surface area (Å²) < 4.78 is 6.61. The smallest absolute Gasteiger partial charge is 0.303 e. The average molecular weight is 396 g/mol. The number of hydrogen-bond donors (Lipinski definition) is 1. The van der Waals surface area contributed by atoms with Crippen molar-refractivity contribution in [3.63, 3.8) is 0 Å². The third-order valence-corrected chi connectivity index (χ3v) is 5.68. The number of likely N-dealkylation sites (tertiary alicyclic amines) is 1. The van der Waals surface area contributed by atoms with Gasteiger partial charge < -0.3 is 14.7 Å². The molecule has 29 heavy (non-hydrogen) atoms. The fraction of sp³-hybridized carbons (Fsp3) is 0.480. The molecule has 1 saturated heterocycles. The summed E-state index contributed by atoms with van der Waals surface area (Å²) >= 11 is 0. The van der Waals surface area contributed by atoms with Crippen LogP contribution in [-0.4, -0.2) is 41.7 Å². The first-order chi connectivity index (χ1) is 14.2. The number of carboxylic acids is 1. The van der Waals surface area contributed by atoms with Crippen LogP contribution >= 0.6 is 0 Å². The standard InChI is InChI=1S/C25H33NO3/c27-24(28)15-9-1-2-10-18-26-19-16-23(17-20-26)29-25(21-11-5-3-6-12-21)22-13-7-4-8-14-22/h3-8,11-14,23,25H,1-2,9-10,15-20H2,(H,27,28). The topological polar surface area (TPSA) is 49.8 Å². The number of carboxylic acid groups (broad SMARTS) is 1. The van der Waals surface area contributed by atoms with Crippen LogP contribution in [0.15, 0.2) is 60.7 Å². The van der Waals surface area contributed by atoms with E-state index in [1.54, 1.807) is 0 Å². The van der Waals surface area contributed by atoms with E-state index in [2.05, 4.69) is 53.4 Å². The molecule has 156 valence electrons. The van der Waals surface area contributed by atoms with Gasteiger partial charge in [0.05, 0.1) is 6.10 Å². The van der Waals surface area contributed by atoms with Crippen LogP contribution in [0.25, 0.3) is 0 Å². The number of aliphatic carboxylic acids is 1. The molecule has 2 aromatic carbocycles. The highest BCUT2D eigenvalue weighted by Gasteiger charge is 2.24. The van der Waals surface area contributed by atoms with Gasteiger partial charge in [0, 0.05) is 19.5 Å². The van der Waals surface area contributed by atoms with Gasteiger partial charge in [0.1, 0.15) is 6.10 Å². The predicted molar refractivity (Wildman–Crippen MR) is 116 cm³/mol. The number of unbranched alkanes of at least 4 members (excludes halogenated alkanes) is 3. The van der Waals surface area contributed by atoms with Gasteiger partial charge >= 0.3 is 5.97 Å². The SMILES string of the molecule is O=C(O)CCCCCCN1CCC(OC(c2ccccc2)c2ccccc2)CC1. The van der Waals surface area contributed by atoms with Crippen LogP contribution in [0.2, 0.25) is 0 Å². The van der Waals surface area contributed by atoms with Crippen LogP contribution in [0.5, 0.6) is 0 Å². The Morgan fingerprint density at radius 3 is 2.00 bits per heavy atom. The number of carbonyl (C=O) groups is 1. The second-order valence-corrected chi connectivity index (χ2v) is 7.94. The normalized spacial score (nSPS) is 15.6. The molecule has 0 aromatic heterocycles. The number of benzene rings is 2. The number of ether oxygens (including phenoxy) is 1. The molecule has 4 heteroatoms. The number of nitrogens with zero attached hydrogens (tertiary/aromatic N) is 1. The third kappa shape index (κ3) is 7.30. The highest BCUT2D eigenvalue weighted by atomic mass is 16.5. The Morgan fingerprint density at radius 1 is 0.897 bits per heavy atom. The second kappa shape index (κ2) is 11.7. The first-order valence-corrected chi connectivity index (χ1v) is 10.9. The van der Waals surface area contributed by atoms with Gasteiger partial charge in [-0.3, -0.25) is 4.79 Å². The van der Waals surface area contributed by atoms with Crippen molar-refractivity contribution in [3.8, 4) is 0 Å². The summed E-state index contributed by atoms with van der Waals surface area (Å²) in [5.74, 6) is -0.684. The summed E-state index contributed by atoms with van der Waals surface area (Å²) in [5.41, 5.74) is 2.42. The fourth-order valence-corrected chi connectivity index (χ4v) is 4.03. The van der Waals surface area contributed by atoms with Crippen molar-refractivity contribution in [1.29, 1.82) is 0 Å². The molecular formula is C25H33NO3. The first kappa shape index (κ1) is 21.5. The van der Waals surface area contributed by atoms with Gasteiger partial charge in [-0.1, -0.05) is 73.5 Å². The van der Waals surface area contributed by atoms with Crippen molar-refractivity contribution in [2.45, 2.75) is 57.2 Å².